The highest BCUT2D eigenvalue weighted by Crippen LogP contribution is 2.26. The van der Waals surface area contributed by atoms with E-state index in [1.165, 1.54) is 6.07 Å². The van der Waals surface area contributed by atoms with E-state index in [0.717, 1.165) is 18.4 Å². The van der Waals surface area contributed by atoms with E-state index in [2.05, 4.69) is 5.32 Å². The van der Waals surface area contributed by atoms with E-state index in [4.69, 9.17) is 16.7 Å². The molecule has 1 aliphatic rings. The van der Waals surface area contributed by atoms with Gasteiger partial charge in [-0.25, -0.2) is 4.79 Å². The Balaban J connectivity index is 1.93. The molecule has 1 saturated carbocycles. The number of benzene rings is 2. The van der Waals surface area contributed by atoms with Crippen molar-refractivity contribution in [2.24, 2.45) is 0 Å². The van der Waals surface area contributed by atoms with Crippen molar-refractivity contribution in [2.45, 2.75) is 18.9 Å². The van der Waals surface area contributed by atoms with Gasteiger partial charge in [-0.3, -0.25) is 4.79 Å². The molecule has 1 fully saturated rings. The monoisotopic (exact) mass is 315 g/mol. The smallest absolute Gasteiger partial charge is 0.337 e. The zero-order valence-corrected chi connectivity index (χ0v) is 12.4. The van der Waals surface area contributed by atoms with Gasteiger partial charge in [-0.2, -0.15) is 0 Å². The molecule has 3 rings (SSSR count). The lowest BCUT2D eigenvalue weighted by Crippen LogP contribution is -2.25. The van der Waals surface area contributed by atoms with Crippen LogP contribution in [-0.4, -0.2) is 23.0 Å². The fourth-order valence-electron chi connectivity index (χ4n) is 2.21. The number of halogens is 1. The SMILES string of the molecule is O=C(NC1CC1)c1cccc(-c2ccc(Cl)c(C(=O)O)c2)c1. The molecule has 0 radical (unpaired) electrons. The van der Waals surface area contributed by atoms with E-state index < -0.39 is 5.97 Å². The van der Waals surface area contributed by atoms with Crippen LogP contribution in [0.2, 0.25) is 5.02 Å². The van der Waals surface area contributed by atoms with Gasteiger partial charge in [0.2, 0.25) is 0 Å². The van der Waals surface area contributed by atoms with Gasteiger partial charge in [0.25, 0.3) is 5.91 Å². The number of hydrogen-bond acceptors (Lipinski definition) is 2. The fourth-order valence-corrected chi connectivity index (χ4v) is 2.40. The molecule has 0 bridgehead atoms. The summed E-state index contributed by atoms with van der Waals surface area (Å²) < 4.78 is 0. The molecule has 2 aromatic rings. The predicted octanol–water partition coefficient (Wildman–Crippen LogP) is 3.60. The Morgan fingerprint density at radius 1 is 1.09 bits per heavy atom. The third-order valence-electron chi connectivity index (χ3n) is 3.57. The first-order chi connectivity index (χ1) is 10.5. The maximum absolute atomic E-state index is 12.1. The van der Waals surface area contributed by atoms with E-state index in [-0.39, 0.29) is 16.5 Å². The van der Waals surface area contributed by atoms with Gasteiger partial charge in [0.15, 0.2) is 0 Å². The standard InChI is InChI=1S/C17H14ClNO3/c18-15-7-4-11(9-14(15)17(21)22)10-2-1-3-12(8-10)16(20)19-13-5-6-13/h1-4,7-9,13H,5-6H2,(H,19,20)(H,21,22). The minimum atomic E-state index is -1.07. The van der Waals surface area contributed by atoms with Crippen molar-refractivity contribution < 1.29 is 14.7 Å². The number of rotatable bonds is 4. The average Bonchev–Trinajstić information content (AvgIpc) is 3.31. The van der Waals surface area contributed by atoms with E-state index in [1.54, 1.807) is 30.3 Å². The number of hydrogen-bond donors (Lipinski definition) is 2. The molecule has 5 heteroatoms. The zero-order valence-electron chi connectivity index (χ0n) is 11.7. The van der Waals surface area contributed by atoms with Gasteiger partial charge in [-0.05, 0) is 48.2 Å². The van der Waals surface area contributed by atoms with Crippen molar-refractivity contribution in [3.63, 3.8) is 0 Å². The van der Waals surface area contributed by atoms with Crippen molar-refractivity contribution in [1.82, 2.24) is 5.32 Å². The first-order valence-electron chi connectivity index (χ1n) is 6.99. The van der Waals surface area contributed by atoms with E-state index in [9.17, 15) is 9.59 Å². The topological polar surface area (TPSA) is 66.4 Å². The molecule has 0 heterocycles. The Labute approximate surface area is 132 Å². The lowest BCUT2D eigenvalue weighted by molar-refractivity contribution is 0.0697. The highest BCUT2D eigenvalue weighted by Gasteiger charge is 2.23. The van der Waals surface area contributed by atoms with Crippen LogP contribution in [-0.2, 0) is 0 Å². The summed E-state index contributed by atoms with van der Waals surface area (Å²) in [6, 6.07) is 12.2. The molecule has 0 aromatic heterocycles. The molecule has 4 nitrogen and oxygen atoms in total. The van der Waals surface area contributed by atoms with Crippen molar-refractivity contribution in [2.75, 3.05) is 0 Å². The summed E-state index contributed by atoms with van der Waals surface area (Å²) in [5.74, 6) is -1.17. The first kappa shape index (κ1) is 14.6. The summed E-state index contributed by atoms with van der Waals surface area (Å²) >= 11 is 5.88. The summed E-state index contributed by atoms with van der Waals surface area (Å²) in [7, 11) is 0. The van der Waals surface area contributed by atoms with Crippen molar-refractivity contribution in [3.05, 3.63) is 58.6 Å². The van der Waals surface area contributed by atoms with Crippen molar-refractivity contribution in [3.8, 4) is 11.1 Å². The van der Waals surface area contributed by atoms with Crippen LogP contribution in [0.5, 0.6) is 0 Å². The molecule has 0 unspecified atom stereocenters. The van der Waals surface area contributed by atoms with Crippen LogP contribution in [0.4, 0.5) is 0 Å². The van der Waals surface area contributed by atoms with Crippen molar-refractivity contribution >= 4 is 23.5 Å². The molecule has 0 aliphatic heterocycles. The Morgan fingerprint density at radius 3 is 2.50 bits per heavy atom. The van der Waals surface area contributed by atoms with Gasteiger partial charge in [-0.15, -0.1) is 0 Å². The van der Waals surface area contributed by atoms with E-state index >= 15 is 0 Å². The van der Waals surface area contributed by atoms with Crippen LogP contribution in [0, 0.1) is 0 Å². The Hall–Kier alpha value is -2.33. The molecule has 0 spiro atoms. The highest BCUT2D eigenvalue weighted by molar-refractivity contribution is 6.33. The van der Waals surface area contributed by atoms with Crippen LogP contribution in [0.3, 0.4) is 0 Å². The predicted molar refractivity (Wildman–Crippen MR) is 84.3 cm³/mol. The molecular formula is C17H14ClNO3. The second-order valence-corrected chi connectivity index (χ2v) is 5.74. The number of carbonyl (C=O) groups is 2. The molecular weight excluding hydrogens is 302 g/mol. The minimum absolute atomic E-state index is 0.0481. The number of nitrogens with one attached hydrogen (secondary N) is 1. The quantitative estimate of drug-likeness (QED) is 0.906. The highest BCUT2D eigenvalue weighted by atomic mass is 35.5. The maximum Gasteiger partial charge on any atom is 0.337 e. The third-order valence-corrected chi connectivity index (χ3v) is 3.90. The van der Waals surface area contributed by atoms with Crippen LogP contribution in [0.1, 0.15) is 33.6 Å². The van der Waals surface area contributed by atoms with E-state index in [1.807, 2.05) is 6.07 Å². The molecule has 1 amide bonds. The first-order valence-corrected chi connectivity index (χ1v) is 7.36. The minimum Gasteiger partial charge on any atom is -0.478 e. The van der Waals surface area contributed by atoms with E-state index in [0.29, 0.717) is 17.2 Å². The Kier molecular flexibility index (Phi) is 3.86. The molecule has 2 N–H and O–H groups in total. The molecule has 0 atom stereocenters. The van der Waals surface area contributed by atoms with Crippen molar-refractivity contribution in [1.29, 1.82) is 0 Å². The lowest BCUT2D eigenvalue weighted by atomic mass is 10.0. The Bertz CT molecular complexity index is 753. The van der Waals surface area contributed by atoms with Gasteiger partial charge in [0.1, 0.15) is 0 Å². The molecule has 2 aromatic carbocycles. The molecule has 112 valence electrons. The number of carbonyl (C=O) groups excluding carboxylic acids is 1. The third kappa shape index (κ3) is 3.12. The molecule has 22 heavy (non-hydrogen) atoms. The fraction of sp³-hybridized carbons (Fsp3) is 0.176. The number of carboxylic acid groups (broad SMARTS) is 1. The summed E-state index contributed by atoms with van der Waals surface area (Å²) in [6.07, 6.45) is 2.06. The van der Waals surface area contributed by atoms with Gasteiger partial charge in [0, 0.05) is 11.6 Å². The van der Waals surface area contributed by atoms with Crippen LogP contribution >= 0.6 is 11.6 Å². The molecule has 0 saturated heterocycles. The molecule has 1 aliphatic carbocycles. The summed E-state index contributed by atoms with van der Waals surface area (Å²) in [4.78, 5) is 23.2. The summed E-state index contributed by atoms with van der Waals surface area (Å²) in [5.41, 5.74) is 2.11. The average molecular weight is 316 g/mol. The van der Waals surface area contributed by atoms with Crippen LogP contribution in [0.25, 0.3) is 11.1 Å². The number of amides is 1. The largest absolute Gasteiger partial charge is 0.478 e. The van der Waals surface area contributed by atoms with Gasteiger partial charge in [0.05, 0.1) is 10.6 Å². The van der Waals surface area contributed by atoms with Gasteiger partial charge < -0.3 is 10.4 Å². The van der Waals surface area contributed by atoms with Gasteiger partial charge in [-0.1, -0.05) is 29.8 Å². The zero-order chi connectivity index (χ0) is 15.7. The Morgan fingerprint density at radius 2 is 1.82 bits per heavy atom. The van der Waals surface area contributed by atoms with Crippen LogP contribution in [0.15, 0.2) is 42.5 Å². The second kappa shape index (κ2) is 5.81. The normalized spacial score (nSPS) is 13.7. The maximum atomic E-state index is 12.1. The number of aromatic carboxylic acids is 1. The summed E-state index contributed by atoms with van der Waals surface area (Å²) in [6.45, 7) is 0. The van der Waals surface area contributed by atoms with Crippen LogP contribution < -0.4 is 5.32 Å². The lowest BCUT2D eigenvalue weighted by Gasteiger charge is -2.08. The second-order valence-electron chi connectivity index (χ2n) is 5.33. The van der Waals surface area contributed by atoms with Gasteiger partial charge >= 0.3 is 5.97 Å². The summed E-state index contributed by atoms with van der Waals surface area (Å²) in [5, 5.41) is 12.3. The number of carboxylic acids is 1.